The summed E-state index contributed by atoms with van der Waals surface area (Å²) in [6, 6.07) is 3.22. The highest BCUT2D eigenvalue weighted by atomic mass is 16.5. The Labute approximate surface area is 65.7 Å². The Bertz CT molecular complexity index is 248. The zero-order valence-electron chi connectivity index (χ0n) is 6.66. The summed E-state index contributed by atoms with van der Waals surface area (Å²) in [5.41, 5.74) is 0.671. The van der Waals surface area contributed by atoms with E-state index in [9.17, 15) is 5.11 Å². The summed E-state index contributed by atoms with van der Waals surface area (Å²) in [5, 5.41) is 9.21. The largest absolute Gasteiger partial charge is 0.506 e. The molecular weight excluding hydrogens is 142 g/mol. The zero-order valence-corrected chi connectivity index (χ0v) is 6.66. The lowest BCUT2D eigenvalue weighted by Crippen LogP contribution is -1.92. The third kappa shape index (κ3) is 1.61. The molecule has 0 radical (unpaired) electrons. The van der Waals surface area contributed by atoms with Crippen molar-refractivity contribution in [1.82, 2.24) is 4.98 Å². The molecule has 60 valence electrons. The summed E-state index contributed by atoms with van der Waals surface area (Å²) in [6.07, 6.45) is 0.711. The second-order valence-electron chi connectivity index (χ2n) is 2.17. The number of aryl methyl sites for hydroxylation is 1. The van der Waals surface area contributed by atoms with E-state index in [1.807, 2.05) is 6.92 Å². The number of pyridine rings is 1. The van der Waals surface area contributed by atoms with Gasteiger partial charge in [-0.3, -0.25) is 0 Å². The number of aromatic hydroxyl groups is 1. The monoisotopic (exact) mass is 153 g/mol. The normalized spacial score (nSPS) is 9.64. The number of aromatic nitrogens is 1. The van der Waals surface area contributed by atoms with Crippen LogP contribution >= 0.6 is 0 Å². The molecule has 1 N–H and O–H groups in total. The van der Waals surface area contributed by atoms with E-state index < -0.39 is 0 Å². The van der Waals surface area contributed by atoms with Gasteiger partial charge in [0.1, 0.15) is 5.75 Å². The van der Waals surface area contributed by atoms with Crippen molar-refractivity contribution in [3.8, 4) is 11.6 Å². The molecule has 1 aromatic heterocycles. The molecule has 0 saturated carbocycles. The molecule has 0 unspecified atom stereocenters. The van der Waals surface area contributed by atoms with Gasteiger partial charge in [-0.2, -0.15) is 0 Å². The summed E-state index contributed by atoms with van der Waals surface area (Å²) < 4.78 is 4.89. The molecule has 0 aliphatic rings. The van der Waals surface area contributed by atoms with Gasteiger partial charge in [0, 0.05) is 6.07 Å². The number of methoxy groups -OCH3 is 1. The minimum absolute atomic E-state index is 0.230. The van der Waals surface area contributed by atoms with E-state index in [0.29, 0.717) is 18.0 Å². The van der Waals surface area contributed by atoms with Gasteiger partial charge in [0.25, 0.3) is 0 Å². The van der Waals surface area contributed by atoms with Crippen LogP contribution in [0.2, 0.25) is 0 Å². The lowest BCUT2D eigenvalue weighted by molar-refractivity contribution is 0.391. The lowest BCUT2D eigenvalue weighted by atomic mass is 10.3. The molecule has 0 aliphatic carbocycles. The van der Waals surface area contributed by atoms with Crippen molar-refractivity contribution in [2.45, 2.75) is 13.3 Å². The first kappa shape index (κ1) is 7.85. The zero-order chi connectivity index (χ0) is 8.27. The summed E-state index contributed by atoms with van der Waals surface area (Å²) in [5.74, 6) is 0.771. The highest BCUT2D eigenvalue weighted by Gasteiger charge is 2.01. The number of rotatable bonds is 2. The van der Waals surface area contributed by atoms with E-state index in [0.717, 1.165) is 0 Å². The van der Waals surface area contributed by atoms with E-state index in [4.69, 9.17) is 4.74 Å². The van der Waals surface area contributed by atoms with Crippen molar-refractivity contribution >= 4 is 0 Å². The summed E-state index contributed by atoms with van der Waals surface area (Å²) >= 11 is 0. The Kier molecular flexibility index (Phi) is 2.31. The van der Waals surface area contributed by atoms with Gasteiger partial charge in [0.15, 0.2) is 0 Å². The van der Waals surface area contributed by atoms with E-state index in [2.05, 4.69) is 4.98 Å². The number of hydrogen-bond acceptors (Lipinski definition) is 3. The fourth-order valence-corrected chi connectivity index (χ4v) is 0.848. The van der Waals surface area contributed by atoms with Crippen molar-refractivity contribution in [3.63, 3.8) is 0 Å². The molecule has 11 heavy (non-hydrogen) atoms. The van der Waals surface area contributed by atoms with Gasteiger partial charge < -0.3 is 9.84 Å². The molecule has 0 bridgehead atoms. The average Bonchev–Trinajstić information content (AvgIpc) is 2.05. The van der Waals surface area contributed by atoms with Crippen LogP contribution in [0.1, 0.15) is 12.6 Å². The maximum atomic E-state index is 9.21. The van der Waals surface area contributed by atoms with E-state index in [1.54, 1.807) is 19.2 Å². The quantitative estimate of drug-likeness (QED) is 0.697. The fourth-order valence-electron chi connectivity index (χ4n) is 0.848. The molecule has 1 rings (SSSR count). The van der Waals surface area contributed by atoms with Crippen LogP contribution in [0.25, 0.3) is 0 Å². The molecule has 0 fully saturated rings. The molecule has 0 spiro atoms. The average molecular weight is 153 g/mol. The maximum Gasteiger partial charge on any atom is 0.213 e. The van der Waals surface area contributed by atoms with Crippen LogP contribution in [0.5, 0.6) is 11.6 Å². The number of nitrogens with zero attached hydrogens (tertiary/aromatic N) is 1. The van der Waals surface area contributed by atoms with E-state index in [1.165, 1.54) is 0 Å². The van der Waals surface area contributed by atoms with Crippen LogP contribution in [0.3, 0.4) is 0 Å². The smallest absolute Gasteiger partial charge is 0.213 e. The molecule has 3 nitrogen and oxygen atoms in total. The first-order chi connectivity index (χ1) is 5.27. The van der Waals surface area contributed by atoms with Crippen molar-refractivity contribution < 1.29 is 9.84 Å². The molecular formula is C8H11NO2. The van der Waals surface area contributed by atoms with Gasteiger partial charge in [-0.25, -0.2) is 4.98 Å². The van der Waals surface area contributed by atoms with Crippen LogP contribution in [0.15, 0.2) is 12.1 Å². The van der Waals surface area contributed by atoms with E-state index in [-0.39, 0.29) is 5.75 Å². The predicted molar refractivity (Wildman–Crippen MR) is 41.8 cm³/mol. The summed E-state index contributed by atoms with van der Waals surface area (Å²) in [6.45, 7) is 1.93. The number of ether oxygens (including phenoxy) is 1. The molecule has 0 amide bonds. The van der Waals surface area contributed by atoms with Crippen LogP contribution < -0.4 is 4.74 Å². The van der Waals surface area contributed by atoms with E-state index >= 15 is 0 Å². The second kappa shape index (κ2) is 3.23. The van der Waals surface area contributed by atoms with Crippen molar-refractivity contribution in [1.29, 1.82) is 0 Å². The third-order valence-electron chi connectivity index (χ3n) is 1.47. The first-order valence-corrected chi connectivity index (χ1v) is 3.50. The van der Waals surface area contributed by atoms with Gasteiger partial charge >= 0.3 is 0 Å². The molecule has 0 atom stereocenters. The lowest BCUT2D eigenvalue weighted by Gasteiger charge is -2.02. The van der Waals surface area contributed by atoms with Gasteiger partial charge in [0.05, 0.1) is 12.8 Å². The van der Waals surface area contributed by atoms with Crippen LogP contribution in [-0.4, -0.2) is 17.2 Å². The SMILES string of the molecule is CCc1nc(OC)ccc1O. The van der Waals surface area contributed by atoms with Gasteiger partial charge in [-0.15, -0.1) is 0 Å². The van der Waals surface area contributed by atoms with Crippen LogP contribution in [0, 0.1) is 0 Å². The van der Waals surface area contributed by atoms with Gasteiger partial charge in [-0.05, 0) is 12.5 Å². The van der Waals surface area contributed by atoms with Crippen LogP contribution in [-0.2, 0) is 6.42 Å². The Hall–Kier alpha value is -1.25. The topological polar surface area (TPSA) is 42.4 Å². The van der Waals surface area contributed by atoms with Crippen LogP contribution in [0.4, 0.5) is 0 Å². The molecule has 1 heterocycles. The standard InChI is InChI=1S/C8H11NO2/c1-3-6-7(10)4-5-8(9-6)11-2/h4-5,10H,3H2,1-2H3. The predicted octanol–water partition coefficient (Wildman–Crippen LogP) is 1.36. The molecule has 1 aromatic rings. The van der Waals surface area contributed by atoms with Crippen molar-refractivity contribution in [3.05, 3.63) is 17.8 Å². The van der Waals surface area contributed by atoms with Crippen molar-refractivity contribution in [2.75, 3.05) is 7.11 Å². The fraction of sp³-hybridized carbons (Fsp3) is 0.375. The molecule has 0 aliphatic heterocycles. The highest BCUT2D eigenvalue weighted by molar-refractivity contribution is 5.29. The summed E-state index contributed by atoms with van der Waals surface area (Å²) in [7, 11) is 1.55. The Morgan fingerprint density at radius 1 is 1.55 bits per heavy atom. The Morgan fingerprint density at radius 2 is 2.27 bits per heavy atom. The van der Waals surface area contributed by atoms with Gasteiger partial charge in [-0.1, -0.05) is 6.92 Å². The minimum atomic E-state index is 0.230. The minimum Gasteiger partial charge on any atom is -0.506 e. The third-order valence-corrected chi connectivity index (χ3v) is 1.47. The Morgan fingerprint density at radius 3 is 2.82 bits per heavy atom. The van der Waals surface area contributed by atoms with Crippen molar-refractivity contribution in [2.24, 2.45) is 0 Å². The second-order valence-corrected chi connectivity index (χ2v) is 2.17. The highest BCUT2D eigenvalue weighted by Crippen LogP contribution is 2.18. The molecule has 3 heteroatoms. The number of hydrogen-bond donors (Lipinski definition) is 1. The summed E-state index contributed by atoms with van der Waals surface area (Å²) in [4.78, 5) is 4.04. The maximum absolute atomic E-state index is 9.21. The molecule has 0 aromatic carbocycles. The van der Waals surface area contributed by atoms with Gasteiger partial charge in [0.2, 0.25) is 5.88 Å². The Balaban J connectivity index is 3.02. The molecule has 0 saturated heterocycles. The first-order valence-electron chi connectivity index (χ1n) is 3.50.